The second-order valence-corrected chi connectivity index (χ2v) is 29.3. The highest BCUT2D eigenvalue weighted by molar-refractivity contribution is 7.10. The Morgan fingerprint density at radius 2 is 0.781 bits per heavy atom. The number of ether oxygens (including phenoxy) is 3. The molecule has 3 saturated heterocycles. The number of piperidine rings is 3. The Balaban J connectivity index is 0.000000140. The van der Waals surface area contributed by atoms with Gasteiger partial charge in [0, 0.05) is 97.7 Å². The first-order valence-corrected chi connectivity index (χ1v) is 38.7. The number of hydrogen-bond donors (Lipinski definition) is 3. The first-order chi connectivity index (χ1) is 51.6. The van der Waals surface area contributed by atoms with E-state index in [2.05, 4.69) is 65.3 Å². The summed E-state index contributed by atoms with van der Waals surface area (Å²) in [6.45, 7) is 13.2. The number of likely N-dealkylation sites (tertiary alicyclic amines) is 3. The number of rotatable bonds is 24. The number of nitrogens with zero attached hydrogens (tertiary/aromatic N) is 8. The highest BCUT2D eigenvalue weighted by Crippen LogP contribution is 2.37. The Kier molecular flexibility index (Phi) is 25.6. The molecule has 546 valence electrons. The van der Waals surface area contributed by atoms with Crippen molar-refractivity contribution < 1.29 is 43.0 Å². The van der Waals surface area contributed by atoms with Crippen LogP contribution in [0.5, 0.6) is 17.2 Å². The minimum atomic E-state index is -0.00377. The number of benzene rings is 6. The zero-order chi connectivity index (χ0) is 72.1. The number of carbonyl (C=O) groups is 6. The molecular weight excluding hydrogens is 1360 g/mol. The maximum atomic E-state index is 13.0. The topological polar surface area (TPSA) is 203 Å². The van der Waals surface area contributed by atoms with Gasteiger partial charge in [0.2, 0.25) is 0 Å². The summed E-state index contributed by atoms with van der Waals surface area (Å²) in [6, 6.07) is 55.4. The summed E-state index contributed by atoms with van der Waals surface area (Å²) in [4.78, 5) is 95.5. The third-order valence-electron chi connectivity index (χ3n) is 20.7. The number of fused-ring (bicyclic) bond motifs is 3. The van der Waals surface area contributed by atoms with Gasteiger partial charge < -0.3 is 64.1 Å². The van der Waals surface area contributed by atoms with Gasteiger partial charge in [0.05, 0.1) is 29.9 Å². The average Bonchev–Trinajstić information content (AvgIpc) is 1.69. The number of hydrogen-bond acceptors (Lipinski definition) is 15. The predicted octanol–water partition coefficient (Wildman–Crippen LogP) is 11.9. The molecule has 0 atom stereocenters. The van der Waals surface area contributed by atoms with E-state index in [4.69, 9.17) is 14.2 Å². The Bertz CT molecular complexity index is 4340. The number of imidazole rings is 1. The quantitative estimate of drug-likeness (QED) is 0.0483. The van der Waals surface area contributed by atoms with Gasteiger partial charge in [-0.2, -0.15) is 0 Å². The van der Waals surface area contributed by atoms with Crippen LogP contribution in [0.25, 0.3) is 0 Å². The Morgan fingerprint density at radius 3 is 1.17 bits per heavy atom. The average molecular weight is 1450 g/mol. The van der Waals surface area contributed by atoms with E-state index in [1.165, 1.54) is 4.88 Å². The predicted molar refractivity (Wildman–Crippen MR) is 412 cm³/mol. The molecule has 6 aromatic carbocycles. The molecule has 0 unspecified atom stereocenters. The zero-order valence-electron chi connectivity index (χ0n) is 59.4. The van der Waals surface area contributed by atoms with Gasteiger partial charge in [-0.05, 0) is 203 Å². The van der Waals surface area contributed by atoms with Crippen molar-refractivity contribution >= 4 is 75.2 Å². The van der Waals surface area contributed by atoms with Crippen LogP contribution in [0.1, 0.15) is 120 Å². The molecule has 0 saturated carbocycles. The molecule has 105 heavy (non-hydrogen) atoms. The first-order valence-electron chi connectivity index (χ1n) is 36.9. The molecule has 6 aliphatic rings. The van der Waals surface area contributed by atoms with E-state index < -0.39 is 0 Å². The van der Waals surface area contributed by atoms with Crippen LogP contribution in [0, 0.1) is 0 Å². The van der Waals surface area contributed by atoms with E-state index in [-0.39, 0.29) is 55.3 Å². The number of amides is 6. The van der Waals surface area contributed by atoms with Crippen LogP contribution >= 0.6 is 22.7 Å². The fourth-order valence-corrected chi connectivity index (χ4v) is 16.4. The van der Waals surface area contributed by atoms with Crippen LogP contribution in [0.2, 0.25) is 0 Å². The zero-order valence-corrected chi connectivity index (χ0v) is 61.1. The lowest BCUT2D eigenvalue weighted by Crippen LogP contribution is -2.45. The van der Waals surface area contributed by atoms with Gasteiger partial charge in [-0.3, -0.25) is 28.8 Å². The summed E-state index contributed by atoms with van der Waals surface area (Å²) in [7, 11) is 0. The van der Waals surface area contributed by atoms with E-state index >= 15 is 0 Å². The van der Waals surface area contributed by atoms with Crippen molar-refractivity contribution in [3.05, 3.63) is 242 Å². The van der Waals surface area contributed by atoms with E-state index in [0.29, 0.717) is 57.0 Å². The van der Waals surface area contributed by atoms with Crippen molar-refractivity contribution in [1.82, 2.24) is 40.2 Å². The van der Waals surface area contributed by atoms with Crippen molar-refractivity contribution in [2.24, 2.45) is 0 Å². The standard InChI is InChI=1S/C28H33N5O3.C28H31N3O3S.C27H29N3O3S/c34-27-20-36-26-9-4-3-8-25(26)33(27)19-18-31-15-10-22(11-16-31)23-6-1-2-7-24(23)28(35)30-12-5-14-32-17-13-29-21-32;32-27-20-34-26-10-4-3-9-25(26)31(27)18-17-30-15-12-21(13-16-30)23-7-1-2-8-24(23)28(33)29-14-11-22-6-5-19-35-22;31-26-19-33-25-10-4-3-9-24(25)30(26)16-15-29-13-11-20(12-14-29)22-7-1-2-8-23(22)27(32)28-18-21-6-5-17-34-21/h1-4,6-9,13,17,21-22H,5,10-12,14-16,18-20H2,(H,30,35);1-10,19,21H,11-18,20H2,(H,29,33);1-10,17,20H,11-16,18-19H2,(H,28,32). The second-order valence-electron chi connectivity index (χ2n) is 27.3. The lowest BCUT2D eigenvalue weighted by Gasteiger charge is -2.35. The molecule has 0 aliphatic carbocycles. The molecule has 3 N–H and O–H groups in total. The highest BCUT2D eigenvalue weighted by Gasteiger charge is 2.33. The third kappa shape index (κ3) is 19.3. The maximum Gasteiger partial charge on any atom is 0.265 e. The van der Waals surface area contributed by atoms with Crippen molar-refractivity contribution in [1.29, 1.82) is 0 Å². The van der Waals surface area contributed by atoms with E-state index in [1.54, 1.807) is 35.2 Å². The summed E-state index contributed by atoms with van der Waals surface area (Å²) < 4.78 is 18.7. The molecule has 9 heterocycles. The van der Waals surface area contributed by atoms with E-state index in [9.17, 15) is 28.8 Å². The van der Waals surface area contributed by atoms with Crippen LogP contribution in [0.15, 0.2) is 199 Å². The molecule has 20 nitrogen and oxygen atoms in total. The number of aromatic nitrogens is 2. The van der Waals surface area contributed by atoms with Gasteiger partial charge in [0.15, 0.2) is 19.8 Å². The summed E-state index contributed by atoms with van der Waals surface area (Å²) in [5.41, 5.74) is 8.37. The number of nitrogens with one attached hydrogen (secondary N) is 3. The van der Waals surface area contributed by atoms with Crippen molar-refractivity contribution in [2.45, 2.75) is 82.2 Å². The van der Waals surface area contributed by atoms with Gasteiger partial charge in [0.1, 0.15) is 17.2 Å². The monoisotopic (exact) mass is 1450 g/mol. The molecule has 0 bridgehead atoms. The van der Waals surface area contributed by atoms with Crippen molar-refractivity contribution in [3.8, 4) is 17.2 Å². The Labute approximate surface area is 622 Å². The van der Waals surface area contributed by atoms with E-state index in [0.717, 1.165) is 189 Å². The molecule has 9 aromatic rings. The molecule has 6 amide bonds. The second kappa shape index (κ2) is 36.6. The SMILES string of the molecule is O=C(NCCCn1ccnc1)c1ccccc1C1CCN(CCN2C(=O)COc3ccccc32)CC1.O=C(NCCc1cccs1)c1ccccc1C1CCN(CCN2C(=O)COc3ccccc32)CC1.O=C(NCc1cccs1)c1ccccc1C1CCN(CCN2C(=O)COc3ccccc32)CC1. The highest BCUT2D eigenvalue weighted by atomic mass is 32.1. The molecular formula is C83H93N11O9S2. The van der Waals surface area contributed by atoms with Crippen LogP contribution in [0.4, 0.5) is 17.1 Å². The lowest BCUT2D eigenvalue weighted by molar-refractivity contribution is -0.122. The normalized spacial score (nSPS) is 16.6. The lowest BCUT2D eigenvalue weighted by atomic mass is 9.86. The fourth-order valence-electron chi connectivity index (χ4n) is 15.0. The van der Waals surface area contributed by atoms with E-state index in [1.807, 2.05) is 176 Å². The summed E-state index contributed by atoms with van der Waals surface area (Å²) >= 11 is 3.37. The number of thiophene rings is 2. The van der Waals surface area contributed by atoms with Crippen LogP contribution < -0.4 is 44.9 Å². The van der Waals surface area contributed by atoms with Crippen LogP contribution in [-0.2, 0) is 33.9 Å². The molecule has 0 spiro atoms. The summed E-state index contributed by atoms with van der Waals surface area (Å²) in [6.07, 6.45) is 13.2. The third-order valence-corrected chi connectivity index (χ3v) is 22.5. The number of para-hydroxylation sites is 6. The maximum absolute atomic E-state index is 13.0. The number of aryl methyl sites for hydroxylation is 1. The van der Waals surface area contributed by atoms with Crippen LogP contribution in [-0.4, -0.2) is 171 Å². The largest absolute Gasteiger partial charge is 0.482 e. The Hall–Kier alpha value is -9.97. The van der Waals surface area contributed by atoms with Gasteiger partial charge in [0.25, 0.3) is 35.4 Å². The fraction of sp³-hybridized carbons (Fsp3) is 0.361. The molecule has 15 rings (SSSR count). The van der Waals surface area contributed by atoms with Gasteiger partial charge >= 0.3 is 0 Å². The number of carbonyl (C=O) groups excluding carboxylic acids is 6. The summed E-state index contributed by atoms with van der Waals surface area (Å²) in [5.74, 6) is 3.46. The van der Waals surface area contributed by atoms with Gasteiger partial charge in [-0.25, -0.2) is 4.98 Å². The Morgan fingerprint density at radius 1 is 0.410 bits per heavy atom. The van der Waals surface area contributed by atoms with Crippen molar-refractivity contribution in [3.63, 3.8) is 0 Å². The molecule has 3 fully saturated rings. The van der Waals surface area contributed by atoms with Crippen LogP contribution in [0.3, 0.4) is 0 Å². The first kappa shape index (κ1) is 73.3. The summed E-state index contributed by atoms with van der Waals surface area (Å²) in [5, 5.41) is 13.4. The molecule has 6 aliphatic heterocycles. The smallest absolute Gasteiger partial charge is 0.265 e. The van der Waals surface area contributed by atoms with Gasteiger partial charge in [-0.1, -0.05) is 103 Å². The van der Waals surface area contributed by atoms with Gasteiger partial charge in [-0.15, -0.1) is 22.7 Å². The molecule has 22 heteroatoms. The van der Waals surface area contributed by atoms with Crippen molar-refractivity contribution in [2.75, 3.05) is 126 Å². The minimum absolute atomic E-state index is 0.00292. The molecule has 3 aromatic heterocycles. The number of anilines is 3. The molecule has 0 radical (unpaired) electrons. The minimum Gasteiger partial charge on any atom is -0.482 e.